The molecule has 138 valence electrons. The number of carbonyl (C=O) groups is 2. The second kappa shape index (κ2) is 6.12. The Kier molecular flexibility index (Phi) is 3.71. The van der Waals surface area contributed by atoms with Gasteiger partial charge in [-0.25, -0.2) is 4.79 Å². The van der Waals surface area contributed by atoms with Gasteiger partial charge in [0.25, 0.3) is 0 Å². The van der Waals surface area contributed by atoms with Gasteiger partial charge in [-0.3, -0.25) is 4.79 Å². The Bertz CT molecular complexity index is 879. The van der Waals surface area contributed by atoms with E-state index in [0.717, 1.165) is 12.8 Å². The molecule has 1 saturated heterocycles. The molecule has 3 atom stereocenters. The highest BCUT2D eigenvalue weighted by molar-refractivity contribution is 5.79. The smallest absolute Gasteiger partial charge is 0.410 e. The van der Waals surface area contributed by atoms with Crippen LogP contribution in [-0.2, 0) is 9.53 Å². The van der Waals surface area contributed by atoms with Crippen LogP contribution < -0.4 is 0 Å². The molecule has 1 N–H and O–H groups in total. The molecule has 0 aromatic heterocycles. The Morgan fingerprint density at radius 3 is 2.22 bits per heavy atom. The van der Waals surface area contributed by atoms with Gasteiger partial charge in [-0.05, 0) is 41.0 Å². The normalized spacial score (nSPS) is 25.3. The summed E-state index contributed by atoms with van der Waals surface area (Å²) in [7, 11) is 0. The number of hydrogen-bond acceptors (Lipinski definition) is 3. The fraction of sp³-hybridized carbons (Fsp3) is 0.364. The number of nitrogens with zero attached hydrogens (tertiary/aromatic N) is 1. The molecule has 1 saturated carbocycles. The molecule has 1 aliphatic heterocycles. The van der Waals surface area contributed by atoms with Crippen molar-refractivity contribution < 1.29 is 19.4 Å². The van der Waals surface area contributed by atoms with Crippen LogP contribution in [0.3, 0.4) is 0 Å². The molecular weight excluding hydrogens is 342 g/mol. The molecule has 2 bridgehead atoms. The van der Waals surface area contributed by atoms with E-state index in [-0.39, 0.29) is 30.6 Å². The van der Waals surface area contributed by atoms with Crippen LogP contribution in [0.4, 0.5) is 4.79 Å². The molecule has 27 heavy (non-hydrogen) atoms. The summed E-state index contributed by atoms with van der Waals surface area (Å²) in [4.78, 5) is 25.8. The number of likely N-dealkylation sites (tertiary alicyclic amines) is 1. The summed E-state index contributed by atoms with van der Waals surface area (Å²) in [6.45, 7) is 0.775. The molecule has 5 nitrogen and oxygen atoms in total. The third-order valence-electron chi connectivity index (χ3n) is 6.44. The van der Waals surface area contributed by atoms with Crippen molar-refractivity contribution in [2.45, 2.75) is 24.8 Å². The van der Waals surface area contributed by atoms with Gasteiger partial charge >= 0.3 is 12.1 Å². The van der Waals surface area contributed by atoms with Crippen molar-refractivity contribution in [1.82, 2.24) is 4.90 Å². The molecule has 5 heteroatoms. The quantitative estimate of drug-likeness (QED) is 0.902. The predicted molar refractivity (Wildman–Crippen MR) is 99.4 cm³/mol. The number of carboxylic acids is 1. The van der Waals surface area contributed by atoms with Crippen molar-refractivity contribution in [3.8, 4) is 11.1 Å². The van der Waals surface area contributed by atoms with E-state index in [0.29, 0.717) is 6.54 Å². The van der Waals surface area contributed by atoms with Crippen LogP contribution in [0, 0.1) is 11.8 Å². The summed E-state index contributed by atoms with van der Waals surface area (Å²) < 4.78 is 5.70. The van der Waals surface area contributed by atoms with E-state index in [9.17, 15) is 14.7 Å². The van der Waals surface area contributed by atoms with E-state index in [1.165, 1.54) is 22.3 Å². The maximum atomic E-state index is 12.7. The summed E-state index contributed by atoms with van der Waals surface area (Å²) in [6, 6.07) is 16.2. The van der Waals surface area contributed by atoms with Gasteiger partial charge in [-0.1, -0.05) is 48.5 Å². The number of carbonyl (C=O) groups excluding carboxylic acids is 1. The number of ether oxygens (including phenoxy) is 1. The summed E-state index contributed by atoms with van der Waals surface area (Å²) >= 11 is 0. The Morgan fingerprint density at radius 1 is 1.00 bits per heavy atom. The van der Waals surface area contributed by atoms with Gasteiger partial charge in [0.1, 0.15) is 6.61 Å². The molecule has 0 radical (unpaired) electrons. The largest absolute Gasteiger partial charge is 0.481 e. The molecular formula is C22H21NO4. The van der Waals surface area contributed by atoms with E-state index < -0.39 is 11.9 Å². The zero-order valence-electron chi connectivity index (χ0n) is 14.9. The van der Waals surface area contributed by atoms with Crippen molar-refractivity contribution >= 4 is 12.1 Å². The van der Waals surface area contributed by atoms with Crippen LogP contribution in [0.1, 0.15) is 29.9 Å². The zero-order chi connectivity index (χ0) is 18.5. The Labute approximate surface area is 157 Å². The predicted octanol–water partition coefficient (Wildman–Crippen LogP) is 3.73. The van der Waals surface area contributed by atoms with Crippen LogP contribution in [0.5, 0.6) is 0 Å². The van der Waals surface area contributed by atoms with E-state index in [4.69, 9.17) is 4.74 Å². The fourth-order valence-corrected chi connectivity index (χ4v) is 5.25. The first-order valence-electron chi connectivity index (χ1n) is 9.49. The average molecular weight is 363 g/mol. The monoisotopic (exact) mass is 363 g/mol. The van der Waals surface area contributed by atoms with Crippen molar-refractivity contribution in [3.63, 3.8) is 0 Å². The van der Waals surface area contributed by atoms with Crippen molar-refractivity contribution in [2.75, 3.05) is 13.2 Å². The first-order valence-corrected chi connectivity index (χ1v) is 9.49. The molecule has 3 aliphatic rings. The lowest BCUT2D eigenvalue weighted by atomic mass is 9.98. The summed E-state index contributed by atoms with van der Waals surface area (Å²) in [5.74, 6) is -1.15. The second-order valence-corrected chi connectivity index (χ2v) is 7.73. The third kappa shape index (κ3) is 2.45. The third-order valence-corrected chi connectivity index (χ3v) is 6.44. The lowest BCUT2D eigenvalue weighted by Gasteiger charge is -2.27. The number of fused-ring (bicyclic) bond motifs is 5. The summed E-state index contributed by atoms with van der Waals surface area (Å²) in [5.41, 5.74) is 4.75. The van der Waals surface area contributed by atoms with Crippen molar-refractivity contribution in [1.29, 1.82) is 0 Å². The molecule has 1 amide bonds. The number of piperidine rings is 1. The molecule has 2 aromatic carbocycles. The number of aliphatic carboxylic acids is 1. The number of hydrogen-bond donors (Lipinski definition) is 1. The Balaban J connectivity index is 1.34. The highest BCUT2D eigenvalue weighted by Crippen LogP contribution is 2.45. The number of rotatable bonds is 3. The Hall–Kier alpha value is -2.82. The minimum Gasteiger partial charge on any atom is -0.481 e. The van der Waals surface area contributed by atoms with Gasteiger partial charge in [-0.2, -0.15) is 0 Å². The lowest BCUT2D eigenvalue weighted by Crippen LogP contribution is -2.40. The van der Waals surface area contributed by atoms with Gasteiger partial charge in [0.2, 0.25) is 0 Å². The molecule has 1 heterocycles. The zero-order valence-corrected chi connectivity index (χ0v) is 14.9. The van der Waals surface area contributed by atoms with Gasteiger partial charge in [0, 0.05) is 18.5 Å². The highest BCUT2D eigenvalue weighted by atomic mass is 16.6. The molecule has 0 spiro atoms. The van der Waals surface area contributed by atoms with Crippen LogP contribution in [0.25, 0.3) is 11.1 Å². The standard InChI is InChI=1S/C22H21NO4/c24-21(25)20-13-9-10-19(20)23(11-13)22(26)27-12-18-16-7-3-1-5-14(16)15-6-2-4-8-17(15)18/h1-8,13,18-20H,9-12H2,(H,24,25). The molecule has 2 fully saturated rings. The molecule has 5 rings (SSSR count). The summed E-state index contributed by atoms with van der Waals surface area (Å²) in [5, 5.41) is 9.44. The van der Waals surface area contributed by atoms with Gasteiger partial charge in [0.15, 0.2) is 0 Å². The molecule has 3 unspecified atom stereocenters. The fourth-order valence-electron chi connectivity index (χ4n) is 5.25. The molecule has 2 aromatic rings. The second-order valence-electron chi connectivity index (χ2n) is 7.73. The Morgan fingerprint density at radius 2 is 1.63 bits per heavy atom. The van der Waals surface area contributed by atoms with Crippen LogP contribution in [0.15, 0.2) is 48.5 Å². The van der Waals surface area contributed by atoms with E-state index in [2.05, 4.69) is 24.3 Å². The van der Waals surface area contributed by atoms with E-state index in [1.807, 2.05) is 24.3 Å². The van der Waals surface area contributed by atoms with Crippen LogP contribution in [-0.4, -0.2) is 41.3 Å². The first kappa shape index (κ1) is 16.4. The number of amides is 1. The maximum absolute atomic E-state index is 12.7. The van der Waals surface area contributed by atoms with Crippen LogP contribution >= 0.6 is 0 Å². The topological polar surface area (TPSA) is 66.8 Å². The van der Waals surface area contributed by atoms with E-state index in [1.54, 1.807) is 4.90 Å². The average Bonchev–Trinajstić information content (AvgIpc) is 3.36. The van der Waals surface area contributed by atoms with Gasteiger partial charge in [0.05, 0.1) is 5.92 Å². The first-order chi connectivity index (χ1) is 13.1. The van der Waals surface area contributed by atoms with E-state index >= 15 is 0 Å². The van der Waals surface area contributed by atoms with Gasteiger partial charge < -0.3 is 14.7 Å². The lowest BCUT2D eigenvalue weighted by molar-refractivity contribution is -0.142. The van der Waals surface area contributed by atoms with Crippen LogP contribution in [0.2, 0.25) is 0 Å². The highest BCUT2D eigenvalue weighted by Gasteiger charge is 2.52. The summed E-state index contributed by atoms with van der Waals surface area (Å²) in [6.07, 6.45) is 1.26. The van der Waals surface area contributed by atoms with Crippen molar-refractivity contribution in [3.05, 3.63) is 59.7 Å². The van der Waals surface area contributed by atoms with Gasteiger partial charge in [-0.15, -0.1) is 0 Å². The minimum absolute atomic E-state index is 0.0245. The maximum Gasteiger partial charge on any atom is 0.410 e. The number of benzene rings is 2. The van der Waals surface area contributed by atoms with Crippen molar-refractivity contribution in [2.24, 2.45) is 11.8 Å². The molecule has 2 aliphatic carbocycles. The number of carboxylic acid groups (broad SMARTS) is 1. The minimum atomic E-state index is -0.795. The SMILES string of the molecule is O=C(O)C1C2CCC1N(C(=O)OCC1c3ccccc3-c3ccccc31)C2.